The van der Waals surface area contributed by atoms with Crippen molar-refractivity contribution in [1.82, 2.24) is 19.4 Å². The highest BCUT2D eigenvalue weighted by atomic mass is 32.2. The Hall–Kier alpha value is -2.11. The number of hydrogen-bond donors (Lipinski definition) is 2. The maximum Gasteiger partial charge on any atom is 0.334 e. The lowest BCUT2D eigenvalue weighted by molar-refractivity contribution is 0.251. The third kappa shape index (κ3) is 4.65. The number of aryl methyl sites for hydroxylation is 2. The molecule has 1 atom stereocenters. The summed E-state index contributed by atoms with van der Waals surface area (Å²) in [6, 6.07) is -1.00. The average Bonchev–Trinajstić information content (AvgIpc) is 3.39. The summed E-state index contributed by atoms with van der Waals surface area (Å²) >= 11 is 1.73. The Labute approximate surface area is 194 Å². The van der Waals surface area contributed by atoms with Crippen molar-refractivity contribution in [2.24, 2.45) is 7.05 Å². The van der Waals surface area contributed by atoms with Crippen molar-refractivity contribution < 1.29 is 13.2 Å². The first-order valence-corrected chi connectivity index (χ1v) is 13.4. The van der Waals surface area contributed by atoms with Gasteiger partial charge in [0.15, 0.2) is 0 Å². The molecule has 0 radical (unpaired) electrons. The summed E-state index contributed by atoms with van der Waals surface area (Å²) in [7, 11) is -0.421. The van der Waals surface area contributed by atoms with Crippen molar-refractivity contribution in [3.8, 4) is 0 Å². The molecule has 0 bridgehead atoms. The number of nitrogens with zero attached hydrogens (tertiary/aromatic N) is 4. The van der Waals surface area contributed by atoms with Gasteiger partial charge in [-0.3, -0.25) is 4.68 Å². The third-order valence-electron chi connectivity index (χ3n) is 6.07. The lowest BCUT2D eigenvalue weighted by Crippen LogP contribution is -2.54. The van der Waals surface area contributed by atoms with Crippen LogP contribution in [-0.2, 0) is 30.1 Å². The Morgan fingerprint density at radius 3 is 2.72 bits per heavy atom. The molecule has 0 unspecified atom stereocenters. The number of anilines is 2. The van der Waals surface area contributed by atoms with Gasteiger partial charge < -0.3 is 10.2 Å². The van der Waals surface area contributed by atoms with Crippen LogP contribution in [0.2, 0.25) is 0 Å². The smallest absolute Gasteiger partial charge is 0.306 e. The van der Waals surface area contributed by atoms with Gasteiger partial charge in [0.05, 0.1) is 23.6 Å². The lowest BCUT2D eigenvalue weighted by atomic mass is 10.1. The van der Waals surface area contributed by atoms with Gasteiger partial charge in [-0.25, -0.2) is 13.8 Å². The average molecular weight is 481 g/mol. The van der Waals surface area contributed by atoms with Gasteiger partial charge in [0.1, 0.15) is 0 Å². The highest BCUT2D eigenvalue weighted by molar-refractivity contribution is 7.91. The minimum absolute atomic E-state index is 0.252. The second-order valence-corrected chi connectivity index (χ2v) is 11.7. The highest BCUT2D eigenvalue weighted by Gasteiger charge is 2.35. The van der Waals surface area contributed by atoms with E-state index >= 15 is 0 Å². The second kappa shape index (κ2) is 9.03. The zero-order valence-corrected chi connectivity index (χ0v) is 20.7. The van der Waals surface area contributed by atoms with Crippen molar-refractivity contribution in [2.45, 2.75) is 57.9 Å². The molecule has 1 aliphatic carbocycles. The van der Waals surface area contributed by atoms with E-state index in [-0.39, 0.29) is 12.0 Å². The number of hydrogen-bond acceptors (Lipinski definition) is 6. The summed E-state index contributed by atoms with van der Waals surface area (Å²) in [5.41, 5.74) is 2.40. The number of likely N-dealkylation sites (N-methyl/N-ethyl adjacent to an activating group) is 1. The molecule has 2 amide bonds. The van der Waals surface area contributed by atoms with Crippen molar-refractivity contribution in [2.75, 3.05) is 29.8 Å². The largest absolute Gasteiger partial charge is 0.334 e. The number of urea groups is 1. The van der Waals surface area contributed by atoms with E-state index in [1.807, 2.05) is 7.05 Å². The number of carbonyl (C=O) groups excluding carboxylic acids is 1. The predicted octanol–water partition coefficient (Wildman–Crippen LogP) is 3.06. The zero-order chi connectivity index (χ0) is 23.0. The molecule has 11 heteroatoms. The first kappa shape index (κ1) is 23.1. The van der Waals surface area contributed by atoms with Crippen LogP contribution >= 0.6 is 11.3 Å². The normalized spacial score (nSPS) is 19.2. The summed E-state index contributed by atoms with van der Waals surface area (Å²) in [4.78, 5) is 17.4. The van der Waals surface area contributed by atoms with E-state index in [2.05, 4.69) is 33.9 Å². The van der Waals surface area contributed by atoms with Crippen LogP contribution < -0.4 is 14.3 Å². The van der Waals surface area contributed by atoms with Crippen molar-refractivity contribution >= 4 is 39.0 Å². The highest BCUT2D eigenvalue weighted by Crippen LogP contribution is 2.42. The van der Waals surface area contributed by atoms with Gasteiger partial charge in [-0.15, -0.1) is 11.3 Å². The summed E-state index contributed by atoms with van der Waals surface area (Å²) in [6.07, 6.45) is 7.79. The quantitative estimate of drug-likeness (QED) is 0.662. The molecular weight excluding hydrogens is 448 g/mol. The molecular formula is C21H32N6O3S2. The van der Waals surface area contributed by atoms with Gasteiger partial charge in [0.25, 0.3) is 0 Å². The molecule has 2 aromatic heterocycles. The van der Waals surface area contributed by atoms with E-state index in [0.29, 0.717) is 12.2 Å². The fourth-order valence-electron chi connectivity index (χ4n) is 4.67. The van der Waals surface area contributed by atoms with Gasteiger partial charge >= 0.3 is 16.2 Å². The number of amides is 2. The number of nitrogens with one attached hydrogen (secondary N) is 2. The number of carbonyl (C=O) groups is 1. The van der Waals surface area contributed by atoms with E-state index in [1.54, 1.807) is 29.3 Å². The molecule has 0 saturated carbocycles. The van der Waals surface area contributed by atoms with Gasteiger partial charge in [-0.2, -0.15) is 13.5 Å². The summed E-state index contributed by atoms with van der Waals surface area (Å²) in [5.74, 6) is 0.252. The molecule has 0 spiro atoms. The second-order valence-electron chi connectivity index (χ2n) is 9.04. The molecule has 9 nitrogen and oxygen atoms in total. The van der Waals surface area contributed by atoms with Crippen LogP contribution in [0.1, 0.15) is 54.3 Å². The first-order valence-electron chi connectivity index (χ1n) is 11.1. The lowest BCUT2D eigenvalue weighted by Gasteiger charge is -2.37. The Morgan fingerprint density at radius 2 is 2.06 bits per heavy atom. The summed E-state index contributed by atoms with van der Waals surface area (Å²) in [6.45, 7) is 5.69. The first-order chi connectivity index (χ1) is 15.2. The van der Waals surface area contributed by atoms with E-state index < -0.39 is 16.2 Å². The number of aromatic nitrogens is 2. The van der Waals surface area contributed by atoms with Crippen LogP contribution in [0.25, 0.3) is 0 Å². The molecule has 1 fully saturated rings. The van der Waals surface area contributed by atoms with Crippen molar-refractivity contribution in [1.29, 1.82) is 0 Å². The van der Waals surface area contributed by atoms with Crippen molar-refractivity contribution in [3.05, 3.63) is 27.7 Å². The molecule has 3 heterocycles. The molecule has 176 valence electrons. The van der Waals surface area contributed by atoms with Gasteiger partial charge in [-0.1, -0.05) is 13.8 Å². The maximum atomic E-state index is 13.4. The SMILES string of the molecule is CC(C)c1sc2c(c1NC(=O)NS(=O)(=O)N(c1cnn(C)c1)[C@H]1CCCN(C)C1)CCC2. The molecule has 1 aliphatic heterocycles. The van der Waals surface area contributed by atoms with E-state index in [9.17, 15) is 13.2 Å². The predicted molar refractivity (Wildman–Crippen MR) is 128 cm³/mol. The van der Waals surface area contributed by atoms with E-state index in [4.69, 9.17) is 0 Å². The minimum atomic E-state index is -4.14. The van der Waals surface area contributed by atoms with Crippen LogP contribution in [0.15, 0.2) is 12.4 Å². The number of thiophene rings is 1. The molecule has 2 aromatic rings. The topological polar surface area (TPSA) is 99.6 Å². The summed E-state index contributed by atoms with van der Waals surface area (Å²) in [5, 5.41) is 7.02. The molecule has 2 N–H and O–H groups in total. The maximum absolute atomic E-state index is 13.4. The molecule has 0 aromatic carbocycles. The van der Waals surface area contributed by atoms with Crippen LogP contribution in [-0.4, -0.2) is 55.3 Å². The summed E-state index contributed by atoms with van der Waals surface area (Å²) < 4.78 is 32.0. The van der Waals surface area contributed by atoms with E-state index in [0.717, 1.165) is 54.8 Å². The number of likely N-dealkylation sites (tertiary alicyclic amines) is 1. The molecule has 1 saturated heterocycles. The number of piperidine rings is 1. The monoisotopic (exact) mass is 480 g/mol. The molecule has 2 aliphatic rings. The Bertz CT molecular complexity index is 1090. The Kier molecular flexibility index (Phi) is 6.51. The Balaban J connectivity index is 1.58. The standard InChI is InChI=1S/C21H32N6O3S2/c1-14(2)20-19(17-8-5-9-18(17)31-20)23-21(28)24-32(29,30)27(16-11-22-26(4)13-16)15-7-6-10-25(3)12-15/h11,13-15H,5-10,12H2,1-4H3,(H2,23,24,28)/t15-/m0/s1. The van der Waals surface area contributed by atoms with Crippen LogP contribution in [0.5, 0.6) is 0 Å². The molecule has 4 rings (SSSR count). The molecule has 32 heavy (non-hydrogen) atoms. The van der Waals surface area contributed by atoms with Crippen LogP contribution in [0.3, 0.4) is 0 Å². The van der Waals surface area contributed by atoms with Crippen LogP contribution in [0.4, 0.5) is 16.2 Å². The van der Waals surface area contributed by atoms with Gasteiger partial charge in [-0.05, 0) is 57.2 Å². The fraction of sp³-hybridized carbons (Fsp3) is 0.619. The zero-order valence-electron chi connectivity index (χ0n) is 19.1. The van der Waals surface area contributed by atoms with Gasteiger partial charge in [0, 0.05) is 29.5 Å². The van der Waals surface area contributed by atoms with Crippen molar-refractivity contribution in [3.63, 3.8) is 0 Å². The fourth-order valence-corrected chi connectivity index (χ4v) is 7.34. The van der Waals surface area contributed by atoms with E-state index in [1.165, 1.54) is 15.4 Å². The third-order valence-corrected chi connectivity index (χ3v) is 9.13. The minimum Gasteiger partial charge on any atom is -0.306 e. The number of rotatable bonds is 6. The van der Waals surface area contributed by atoms with Crippen LogP contribution in [0, 0.1) is 0 Å². The van der Waals surface area contributed by atoms with Gasteiger partial charge in [0.2, 0.25) is 0 Å². The number of fused-ring (bicyclic) bond motifs is 1. The Morgan fingerprint density at radius 1 is 1.28 bits per heavy atom.